The molecule has 0 aromatic carbocycles. The van der Waals surface area contributed by atoms with Crippen molar-refractivity contribution in [1.29, 1.82) is 0 Å². The first kappa shape index (κ1) is 64.1. The smallest absolute Gasteiger partial charge is 0.305 e. The van der Waals surface area contributed by atoms with Crippen molar-refractivity contribution in [3.63, 3.8) is 0 Å². The van der Waals surface area contributed by atoms with Gasteiger partial charge in [-0.05, 0) is 83.5 Å². The Hall–Kier alpha value is -1.92. The SMILES string of the molecule is CCCCCCCCC/C=C\CCCCCCCC(=O)OCCCC/C=C\CCCCCCC(=O)NC(CO)C(O)/C=C/CCCCCCCCCCCCCCCCCCCCCCC. The van der Waals surface area contributed by atoms with E-state index in [0.717, 1.165) is 77.0 Å². The van der Waals surface area contributed by atoms with E-state index in [1.54, 1.807) is 6.08 Å². The van der Waals surface area contributed by atoms with Crippen LogP contribution in [-0.4, -0.2) is 47.4 Å². The van der Waals surface area contributed by atoms with Crippen molar-refractivity contribution < 1.29 is 24.5 Å². The molecule has 0 radical (unpaired) electrons. The molecule has 0 aliphatic rings. The highest BCUT2D eigenvalue weighted by atomic mass is 16.5. The lowest BCUT2D eigenvalue weighted by Gasteiger charge is -2.20. The van der Waals surface area contributed by atoms with Gasteiger partial charge < -0.3 is 20.3 Å². The van der Waals surface area contributed by atoms with Crippen LogP contribution in [0.15, 0.2) is 36.5 Å². The lowest BCUT2D eigenvalue weighted by Crippen LogP contribution is -2.45. The Labute approximate surface area is 411 Å². The molecule has 0 saturated heterocycles. The van der Waals surface area contributed by atoms with Crippen LogP contribution in [0.25, 0.3) is 0 Å². The largest absolute Gasteiger partial charge is 0.466 e. The second-order valence-electron chi connectivity index (χ2n) is 20.0. The van der Waals surface area contributed by atoms with Crippen LogP contribution in [0.3, 0.4) is 0 Å². The van der Waals surface area contributed by atoms with E-state index in [-0.39, 0.29) is 18.5 Å². The van der Waals surface area contributed by atoms with Crippen molar-refractivity contribution in [1.82, 2.24) is 5.32 Å². The molecule has 2 atom stereocenters. The number of carbonyl (C=O) groups is 2. The van der Waals surface area contributed by atoms with Gasteiger partial charge in [0, 0.05) is 12.8 Å². The van der Waals surface area contributed by atoms with Crippen molar-refractivity contribution in [2.24, 2.45) is 0 Å². The molecular weight excluding hydrogens is 815 g/mol. The van der Waals surface area contributed by atoms with Crippen LogP contribution in [0.2, 0.25) is 0 Å². The molecule has 0 aliphatic heterocycles. The standard InChI is InChI=1S/C60H113NO5/c1-3-5-7-9-11-13-15-17-19-21-22-23-24-25-26-27-28-30-32-36-40-44-48-52-58(63)57(56-62)61-59(64)53-49-45-41-37-34-35-39-43-47-51-55-66-60(65)54-50-46-42-38-33-31-29-20-18-16-14-12-10-8-6-4-2/h20,29,35,39,48,52,57-58,62-63H,3-19,21-28,30-34,36-38,40-47,49-51,53-56H2,1-2H3,(H,61,64)/b29-20-,39-35-,52-48+. The van der Waals surface area contributed by atoms with Crippen LogP contribution < -0.4 is 5.32 Å². The number of esters is 1. The molecule has 0 fully saturated rings. The summed E-state index contributed by atoms with van der Waals surface area (Å²) in [4.78, 5) is 24.5. The number of aliphatic hydroxyl groups excluding tert-OH is 2. The number of hydrogen-bond donors (Lipinski definition) is 3. The van der Waals surface area contributed by atoms with Crippen molar-refractivity contribution in [3.8, 4) is 0 Å². The highest BCUT2D eigenvalue weighted by Crippen LogP contribution is 2.17. The molecule has 0 rings (SSSR count). The maximum absolute atomic E-state index is 12.5. The number of hydrogen-bond acceptors (Lipinski definition) is 5. The van der Waals surface area contributed by atoms with Crippen LogP contribution in [-0.2, 0) is 14.3 Å². The summed E-state index contributed by atoms with van der Waals surface area (Å²) >= 11 is 0. The summed E-state index contributed by atoms with van der Waals surface area (Å²) in [6, 6.07) is -0.655. The lowest BCUT2D eigenvalue weighted by atomic mass is 10.0. The minimum Gasteiger partial charge on any atom is -0.466 e. The quantitative estimate of drug-likeness (QED) is 0.0321. The lowest BCUT2D eigenvalue weighted by molar-refractivity contribution is -0.143. The van der Waals surface area contributed by atoms with E-state index in [1.807, 2.05) is 6.08 Å². The monoisotopic (exact) mass is 928 g/mol. The molecule has 2 unspecified atom stereocenters. The van der Waals surface area contributed by atoms with Gasteiger partial charge in [-0.2, -0.15) is 0 Å². The van der Waals surface area contributed by atoms with Crippen LogP contribution in [0.5, 0.6) is 0 Å². The molecule has 0 aliphatic carbocycles. The Morgan fingerprint density at radius 1 is 0.409 bits per heavy atom. The summed E-state index contributed by atoms with van der Waals surface area (Å²) in [5.74, 6) is -0.148. The Morgan fingerprint density at radius 3 is 1.08 bits per heavy atom. The van der Waals surface area contributed by atoms with Gasteiger partial charge in [-0.1, -0.05) is 249 Å². The highest BCUT2D eigenvalue weighted by molar-refractivity contribution is 5.76. The van der Waals surface area contributed by atoms with E-state index >= 15 is 0 Å². The Morgan fingerprint density at radius 2 is 0.712 bits per heavy atom. The molecule has 6 nitrogen and oxygen atoms in total. The van der Waals surface area contributed by atoms with Gasteiger partial charge in [0.25, 0.3) is 0 Å². The number of nitrogens with one attached hydrogen (secondary N) is 1. The number of aliphatic hydroxyl groups is 2. The van der Waals surface area contributed by atoms with Crippen molar-refractivity contribution >= 4 is 11.9 Å². The third-order valence-electron chi connectivity index (χ3n) is 13.4. The van der Waals surface area contributed by atoms with E-state index < -0.39 is 12.1 Å². The zero-order valence-electron chi connectivity index (χ0n) is 44.2. The Bertz CT molecular complexity index is 1070. The first-order valence-electron chi connectivity index (χ1n) is 29.3. The number of unbranched alkanes of at least 4 members (excludes halogenated alkanes) is 39. The average Bonchev–Trinajstić information content (AvgIpc) is 3.32. The fourth-order valence-corrected chi connectivity index (χ4v) is 8.86. The Balaban J connectivity index is 3.55. The van der Waals surface area contributed by atoms with E-state index in [4.69, 9.17) is 4.74 Å². The summed E-state index contributed by atoms with van der Waals surface area (Å²) in [5, 5.41) is 23.2. The maximum atomic E-state index is 12.5. The predicted octanol–water partition coefficient (Wildman–Crippen LogP) is 18.0. The van der Waals surface area contributed by atoms with Crippen LogP contribution >= 0.6 is 0 Å². The van der Waals surface area contributed by atoms with Gasteiger partial charge in [-0.15, -0.1) is 0 Å². The fraction of sp³-hybridized carbons (Fsp3) is 0.867. The normalized spacial score (nSPS) is 12.8. The van der Waals surface area contributed by atoms with Gasteiger partial charge in [-0.25, -0.2) is 0 Å². The molecule has 0 bridgehead atoms. The first-order valence-corrected chi connectivity index (χ1v) is 29.3. The summed E-state index contributed by atoms with van der Waals surface area (Å²) in [6.07, 6.45) is 68.9. The van der Waals surface area contributed by atoms with Crippen molar-refractivity contribution in [2.45, 2.75) is 321 Å². The molecule has 1 amide bonds. The molecule has 0 heterocycles. The second kappa shape index (κ2) is 55.7. The van der Waals surface area contributed by atoms with Gasteiger partial charge in [0.05, 0.1) is 25.4 Å². The van der Waals surface area contributed by atoms with Gasteiger partial charge in [0.2, 0.25) is 5.91 Å². The summed E-state index contributed by atoms with van der Waals surface area (Å²) in [6.45, 7) is 4.82. The minimum atomic E-state index is -0.868. The van der Waals surface area contributed by atoms with E-state index in [1.165, 1.54) is 205 Å². The van der Waals surface area contributed by atoms with Gasteiger partial charge in [0.1, 0.15) is 0 Å². The number of allylic oxidation sites excluding steroid dienone is 5. The average molecular weight is 929 g/mol. The molecule has 6 heteroatoms. The molecular formula is C60H113NO5. The van der Waals surface area contributed by atoms with Crippen LogP contribution in [0.4, 0.5) is 0 Å². The summed E-state index contributed by atoms with van der Waals surface area (Å²) < 4.78 is 5.44. The van der Waals surface area contributed by atoms with Crippen molar-refractivity contribution in [3.05, 3.63) is 36.5 Å². The minimum absolute atomic E-state index is 0.0454. The number of carbonyl (C=O) groups excluding carboxylic acids is 2. The Kier molecular flexibility index (Phi) is 54.1. The van der Waals surface area contributed by atoms with E-state index in [0.29, 0.717) is 19.4 Å². The van der Waals surface area contributed by atoms with Gasteiger partial charge >= 0.3 is 5.97 Å². The molecule has 0 aromatic heterocycles. The van der Waals surface area contributed by atoms with Gasteiger partial charge in [0.15, 0.2) is 0 Å². The third kappa shape index (κ3) is 51.5. The topological polar surface area (TPSA) is 95.9 Å². The molecule has 66 heavy (non-hydrogen) atoms. The van der Waals surface area contributed by atoms with E-state index in [2.05, 4.69) is 43.5 Å². The van der Waals surface area contributed by atoms with Crippen LogP contribution in [0, 0.1) is 0 Å². The number of amides is 1. The second-order valence-corrected chi connectivity index (χ2v) is 20.0. The first-order chi connectivity index (χ1) is 32.5. The highest BCUT2D eigenvalue weighted by Gasteiger charge is 2.18. The van der Waals surface area contributed by atoms with Crippen LogP contribution in [0.1, 0.15) is 309 Å². The fourth-order valence-electron chi connectivity index (χ4n) is 8.86. The maximum Gasteiger partial charge on any atom is 0.305 e. The molecule has 0 aromatic rings. The zero-order chi connectivity index (χ0) is 47.9. The van der Waals surface area contributed by atoms with Gasteiger partial charge in [-0.3, -0.25) is 9.59 Å². The van der Waals surface area contributed by atoms with Crippen molar-refractivity contribution in [2.75, 3.05) is 13.2 Å². The third-order valence-corrected chi connectivity index (χ3v) is 13.4. The molecule has 0 spiro atoms. The number of rotatable bonds is 54. The summed E-state index contributed by atoms with van der Waals surface area (Å²) in [7, 11) is 0. The van der Waals surface area contributed by atoms with E-state index in [9.17, 15) is 19.8 Å². The number of ether oxygens (including phenoxy) is 1. The molecule has 388 valence electrons. The molecule has 3 N–H and O–H groups in total. The predicted molar refractivity (Wildman–Crippen MR) is 287 cm³/mol. The summed E-state index contributed by atoms with van der Waals surface area (Å²) in [5.41, 5.74) is 0. The molecule has 0 saturated carbocycles. The zero-order valence-corrected chi connectivity index (χ0v) is 44.2.